The molecule has 1 aliphatic heterocycles. The summed E-state index contributed by atoms with van der Waals surface area (Å²) < 4.78 is 13.6. The summed E-state index contributed by atoms with van der Waals surface area (Å²) in [7, 11) is 0. The summed E-state index contributed by atoms with van der Waals surface area (Å²) in [4.78, 5) is 0. The fourth-order valence-electron chi connectivity index (χ4n) is 4.95. The Labute approximate surface area is 172 Å². The van der Waals surface area contributed by atoms with Crippen molar-refractivity contribution < 1.29 is 9.50 Å². The Kier molecular flexibility index (Phi) is 5.53. The maximum atomic E-state index is 13.6. The Morgan fingerprint density at radius 2 is 1.41 bits per heavy atom. The number of aliphatic hydroxyl groups is 1. The summed E-state index contributed by atoms with van der Waals surface area (Å²) in [5.41, 5.74) is 2.01. The van der Waals surface area contributed by atoms with E-state index in [4.69, 9.17) is 0 Å². The molecule has 1 aliphatic rings. The first kappa shape index (κ1) is 19.8. The van der Waals surface area contributed by atoms with Gasteiger partial charge in [0.15, 0.2) is 0 Å². The van der Waals surface area contributed by atoms with E-state index >= 15 is 0 Å². The van der Waals surface area contributed by atoms with Gasteiger partial charge < -0.3 is 10.4 Å². The number of piperidine rings is 1. The second-order valence-electron chi connectivity index (χ2n) is 8.42. The SMILES string of the molecule is CC(C)[C@@H]1[C@H](c2ccccc2)N[C@@H](c2ccccc2)C[C@]1(O)c1ccc(F)cc1. The van der Waals surface area contributed by atoms with Crippen LogP contribution in [0.1, 0.15) is 49.0 Å². The first-order valence-electron chi connectivity index (χ1n) is 10.3. The summed E-state index contributed by atoms with van der Waals surface area (Å²) in [5, 5.41) is 16.0. The molecule has 3 aromatic carbocycles. The van der Waals surface area contributed by atoms with Gasteiger partial charge in [0.2, 0.25) is 0 Å². The lowest BCUT2D eigenvalue weighted by Crippen LogP contribution is -2.53. The average molecular weight is 390 g/mol. The first-order valence-corrected chi connectivity index (χ1v) is 10.3. The molecule has 29 heavy (non-hydrogen) atoms. The van der Waals surface area contributed by atoms with Gasteiger partial charge in [-0.05, 0) is 34.7 Å². The van der Waals surface area contributed by atoms with Gasteiger partial charge in [0, 0.05) is 24.4 Å². The third kappa shape index (κ3) is 3.85. The summed E-state index contributed by atoms with van der Waals surface area (Å²) in [6, 6.07) is 26.9. The summed E-state index contributed by atoms with van der Waals surface area (Å²) in [6.07, 6.45) is 0.537. The highest BCUT2D eigenvalue weighted by Crippen LogP contribution is 2.51. The largest absolute Gasteiger partial charge is 0.385 e. The van der Waals surface area contributed by atoms with Crippen molar-refractivity contribution in [2.45, 2.75) is 38.0 Å². The minimum absolute atomic E-state index is 0.00791. The van der Waals surface area contributed by atoms with E-state index in [2.05, 4.69) is 43.4 Å². The monoisotopic (exact) mass is 389 g/mol. The molecule has 1 fully saturated rings. The number of halogens is 1. The molecule has 0 amide bonds. The standard InChI is InChI=1S/C26H28FNO/c1-18(2)24-25(20-11-7-4-8-12-20)28-23(19-9-5-3-6-10-19)17-26(24,29)21-13-15-22(27)16-14-21/h3-16,18,23-25,28-29H,17H2,1-2H3/t23-,24-,25+,26+/m1/s1. The molecule has 0 spiro atoms. The van der Waals surface area contributed by atoms with E-state index in [0.717, 1.165) is 16.7 Å². The quantitative estimate of drug-likeness (QED) is 0.594. The second-order valence-corrected chi connectivity index (χ2v) is 8.42. The predicted molar refractivity (Wildman–Crippen MR) is 115 cm³/mol. The van der Waals surface area contributed by atoms with Gasteiger partial charge in [-0.25, -0.2) is 4.39 Å². The lowest BCUT2D eigenvalue weighted by molar-refractivity contribution is -0.0992. The van der Waals surface area contributed by atoms with Crippen LogP contribution in [0, 0.1) is 17.7 Å². The van der Waals surface area contributed by atoms with E-state index < -0.39 is 5.60 Å². The molecule has 2 nitrogen and oxygen atoms in total. The van der Waals surface area contributed by atoms with Crippen LogP contribution in [-0.4, -0.2) is 5.11 Å². The van der Waals surface area contributed by atoms with Gasteiger partial charge in [0.25, 0.3) is 0 Å². The second kappa shape index (κ2) is 8.10. The van der Waals surface area contributed by atoms with E-state index in [1.807, 2.05) is 36.4 Å². The molecule has 1 heterocycles. The maximum absolute atomic E-state index is 13.6. The van der Waals surface area contributed by atoms with Gasteiger partial charge in [-0.1, -0.05) is 86.6 Å². The lowest BCUT2D eigenvalue weighted by atomic mass is 9.64. The topological polar surface area (TPSA) is 32.3 Å². The van der Waals surface area contributed by atoms with E-state index in [-0.39, 0.29) is 29.7 Å². The van der Waals surface area contributed by atoms with Gasteiger partial charge in [-0.3, -0.25) is 0 Å². The van der Waals surface area contributed by atoms with Crippen LogP contribution < -0.4 is 5.32 Å². The molecule has 1 saturated heterocycles. The highest BCUT2D eigenvalue weighted by Gasteiger charge is 2.50. The Morgan fingerprint density at radius 3 is 1.97 bits per heavy atom. The zero-order valence-electron chi connectivity index (χ0n) is 16.9. The third-order valence-corrected chi connectivity index (χ3v) is 6.23. The highest BCUT2D eigenvalue weighted by atomic mass is 19.1. The number of benzene rings is 3. The Morgan fingerprint density at radius 1 is 0.862 bits per heavy atom. The molecule has 0 aliphatic carbocycles. The maximum Gasteiger partial charge on any atom is 0.123 e. The molecule has 0 saturated carbocycles. The Hall–Kier alpha value is -2.49. The molecule has 150 valence electrons. The van der Waals surface area contributed by atoms with Crippen molar-refractivity contribution in [3.05, 3.63) is 107 Å². The first-order chi connectivity index (χ1) is 14.0. The molecule has 4 atom stereocenters. The van der Waals surface area contributed by atoms with Crippen LogP contribution in [0.2, 0.25) is 0 Å². The van der Waals surface area contributed by atoms with E-state index in [1.54, 1.807) is 12.1 Å². The Bertz CT molecular complexity index is 926. The molecular weight excluding hydrogens is 361 g/mol. The van der Waals surface area contributed by atoms with Crippen LogP contribution in [0.15, 0.2) is 84.9 Å². The van der Waals surface area contributed by atoms with Crippen molar-refractivity contribution in [1.82, 2.24) is 5.32 Å². The summed E-state index contributed by atoms with van der Waals surface area (Å²) >= 11 is 0. The van der Waals surface area contributed by atoms with Crippen molar-refractivity contribution in [2.75, 3.05) is 0 Å². The summed E-state index contributed by atoms with van der Waals surface area (Å²) in [6.45, 7) is 4.30. The highest BCUT2D eigenvalue weighted by molar-refractivity contribution is 5.32. The average Bonchev–Trinajstić information content (AvgIpc) is 2.74. The molecule has 4 rings (SSSR count). The predicted octanol–water partition coefficient (Wildman–Crippen LogP) is 5.76. The fourth-order valence-corrected chi connectivity index (χ4v) is 4.95. The zero-order chi connectivity index (χ0) is 20.4. The molecule has 0 bridgehead atoms. The van der Waals surface area contributed by atoms with Gasteiger partial charge in [0.05, 0.1) is 5.60 Å². The van der Waals surface area contributed by atoms with Gasteiger partial charge in [-0.2, -0.15) is 0 Å². The fraction of sp³-hybridized carbons (Fsp3) is 0.308. The van der Waals surface area contributed by atoms with Crippen LogP contribution in [0.5, 0.6) is 0 Å². The number of nitrogens with one attached hydrogen (secondary N) is 1. The van der Waals surface area contributed by atoms with E-state index in [1.165, 1.54) is 12.1 Å². The van der Waals surface area contributed by atoms with Crippen LogP contribution in [0.4, 0.5) is 4.39 Å². The summed E-state index contributed by atoms with van der Waals surface area (Å²) in [5.74, 6) is -0.124. The zero-order valence-corrected chi connectivity index (χ0v) is 16.9. The van der Waals surface area contributed by atoms with Crippen LogP contribution >= 0.6 is 0 Å². The molecule has 0 unspecified atom stereocenters. The van der Waals surface area contributed by atoms with Gasteiger partial charge in [-0.15, -0.1) is 0 Å². The number of rotatable bonds is 4. The molecule has 2 N–H and O–H groups in total. The van der Waals surface area contributed by atoms with Crippen molar-refractivity contribution in [1.29, 1.82) is 0 Å². The van der Waals surface area contributed by atoms with Crippen LogP contribution in [0.25, 0.3) is 0 Å². The van der Waals surface area contributed by atoms with E-state index in [9.17, 15) is 9.50 Å². The van der Waals surface area contributed by atoms with Crippen LogP contribution in [-0.2, 0) is 5.60 Å². The van der Waals surface area contributed by atoms with Crippen molar-refractivity contribution in [3.8, 4) is 0 Å². The van der Waals surface area contributed by atoms with E-state index in [0.29, 0.717) is 6.42 Å². The van der Waals surface area contributed by atoms with Gasteiger partial charge >= 0.3 is 0 Å². The normalized spacial score (nSPS) is 27.1. The molecule has 3 heteroatoms. The molecular formula is C26H28FNO. The van der Waals surface area contributed by atoms with Crippen molar-refractivity contribution in [3.63, 3.8) is 0 Å². The Balaban J connectivity index is 1.84. The van der Waals surface area contributed by atoms with Gasteiger partial charge in [0.1, 0.15) is 5.82 Å². The minimum atomic E-state index is -1.08. The molecule has 0 aromatic heterocycles. The smallest absolute Gasteiger partial charge is 0.123 e. The lowest BCUT2D eigenvalue weighted by Gasteiger charge is -2.51. The molecule has 0 radical (unpaired) electrons. The molecule has 3 aromatic rings. The third-order valence-electron chi connectivity index (χ3n) is 6.23. The number of hydrogen-bond acceptors (Lipinski definition) is 2. The van der Waals surface area contributed by atoms with Crippen molar-refractivity contribution in [2.24, 2.45) is 11.8 Å². The van der Waals surface area contributed by atoms with Crippen LogP contribution in [0.3, 0.4) is 0 Å². The minimum Gasteiger partial charge on any atom is -0.385 e. The van der Waals surface area contributed by atoms with Crippen molar-refractivity contribution >= 4 is 0 Å². The number of hydrogen-bond donors (Lipinski definition) is 2.